The van der Waals surface area contributed by atoms with Crippen LogP contribution in [0.2, 0.25) is 0 Å². The molecule has 2 aliphatic rings. The molecular weight excluding hydrogens is 278 g/mol. The summed E-state index contributed by atoms with van der Waals surface area (Å²) in [4.78, 5) is 14.4. The molecule has 0 bridgehead atoms. The summed E-state index contributed by atoms with van der Waals surface area (Å²) in [6.45, 7) is 4.87. The van der Waals surface area contributed by atoms with E-state index in [1.165, 1.54) is 0 Å². The number of benzene rings is 1. The van der Waals surface area contributed by atoms with Crippen molar-refractivity contribution in [3.8, 4) is 5.75 Å². The second-order valence-electron chi connectivity index (χ2n) is 7.13. The molecule has 22 heavy (non-hydrogen) atoms. The van der Waals surface area contributed by atoms with Gasteiger partial charge in [0, 0.05) is 24.3 Å². The van der Waals surface area contributed by atoms with Crippen LogP contribution in [0, 0.1) is 6.92 Å². The second kappa shape index (κ2) is 5.07. The number of rotatable bonds is 1. The van der Waals surface area contributed by atoms with Crippen LogP contribution in [0.15, 0.2) is 18.2 Å². The van der Waals surface area contributed by atoms with E-state index in [2.05, 4.69) is 4.90 Å². The first-order valence-electron chi connectivity index (χ1n) is 8.04. The zero-order valence-corrected chi connectivity index (χ0v) is 13.6. The number of aliphatic hydroxyl groups is 1. The van der Waals surface area contributed by atoms with Crippen LogP contribution in [-0.4, -0.2) is 46.1 Å². The second-order valence-corrected chi connectivity index (χ2v) is 7.13. The normalized spacial score (nSPS) is 36.2. The smallest absolute Gasteiger partial charge is 0.134 e. The summed E-state index contributed by atoms with van der Waals surface area (Å²) in [5.74, 6) is 0.408. The van der Waals surface area contributed by atoms with Gasteiger partial charge in [0.15, 0.2) is 0 Å². The Labute approximate surface area is 131 Å². The average molecular weight is 303 g/mol. The highest BCUT2D eigenvalue weighted by Crippen LogP contribution is 2.53. The number of hydrogen-bond acceptors (Lipinski definition) is 4. The van der Waals surface area contributed by atoms with Crippen LogP contribution in [0.1, 0.15) is 43.7 Å². The van der Waals surface area contributed by atoms with Crippen molar-refractivity contribution in [1.29, 1.82) is 0 Å². The first-order chi connectivity index (χ1) is 10.3. The number of likely N-dealkylation sites (tertiary alicyclic amines) is 1. The van der Waals surface area contributed by atoms with Crippen molar-refractivity contribution in [1.82, 2.24) is 4.90 Å². The van der Waals surface area contributed by atoms with Gasteiger partial charge in [-0.3, -0.25) is 4.79 Å². The first kappa shape index (κ1) is 15.5. The molecule has 0 spiro atoms. The Morgan fingerprint density at radius 1 is 1.32 bits per heavy atom. The van der Waals surface area contributed by atoms with Crippen molar-refractivity contribution in [2.75, 3.05) is 13.6 Å². The molecule has 1 saturated heterocycles. The average Bonchev–Trinajstić information content (AvgIpc) is 2.48. The summed E-state index contributed by atoms with van der Waals surface area (Å²) >= 11 is 0. The zero-order valence-electron chi connectivity index (χ0n) is 13.6. The first-order valence-corrected chi connectivity index (χ1v) is 8.04. The zero-order chi connectivity index (χ0) is 16.1. The van der Waals surface area contributed by atoms with Crippen molar-refractivity contribution >= 4 is 5.78 Å². The summed E-state index contributed by atoms with van der Waals surface area (Å²) in [5, 5.41) is 21.5. The SMILES string of the molecule is Cc1ccc(O)cc1C12CCN(C)C(C)C1(O)CCC(=O)C2. The Hall–Kier alpha value is -1.39. The molecule has 3 rings (SSSR count). The van der Waals surface area contributed by atoms with Crippen LogP contribution in [0.4, 0.5) is 0 Å². The molecule has 0 radical (unpaired) electrons. The van der Waals surface area contributed by atoms with Gasteiger partial charge in [-0.15, -0.1) is 0 Å². The van der Waals surface area contributed by atoms with E-state index in [-0.39, 0.29) is 17.6 Å². The lowest BCUT2D eigenvalue weighted by atomic mass is 9.53. The maximum absolute atomic E-state index is 12.2. The number of piperidine rings is 1. The molecule has 1 heterocycles. The molecule has 1 saturated carbocycles. The van der Waals surface area contributed by atoms with Gasteiger partial charge in [-0.25, -0.2) is 0 Å². The predicted molar refractivity (Wildman–Crippen MR) is 85.0 cm³/mol. The number of hydrogen-bond donors (Lipinski definition) is 2. The fourth-order valence-electron chi connectivity index (χ4n) is 4.58. The lowest BCUT2D eigenvalue weighted by Gasteiger charge is -2.59. The van der Waals surface area contributed by atoms with Gasteiger partial charge in [-0.1, -0.05) is 6.07 Å². The maximum atomic E-state index is 12.2. The predicted octanol–water partition coefficient (Wildman–Crippen LogP) is 2.15. The van der Waals surface area contributed by atoms with Gasteiger partial charge in [0.2, 0.25) is 0 Å². The van der Waals surface area contributed by atoms with Crippen molar-refractivity contribution in [2.24, 2.45) is 0 Å². The summed E-state index contributed by atoms with van der Waals surface area (Å²) in [7, 11) is 2.03. The molecule has 0 amide bonds. The third-order valence-electron chi connectivity index (χ3n) is 6.09. The molecular formula is C18H25NO3. The molecule has 3 unspecified atom stereocenters. The molecule has 4 heteroatoms. The Morgan fingerprint density at radius 3 is 2.77 bits per heavy atom. The Morgan fingerprint density at radius 2 is 2.05 bits per heavy atom. The van der Waals surface area contributed by atoms with Gasteiger partial charge in [-0.2, -0.15) is 0 Å². The molecule has 0 aromatic heterocycles. The Bertz CT molecular complexity index is 614. The van der Waals surface area contributed by atoms with Crippen LogP contribution < -0.4 is 0 Å². The van der Waals surface area contributed by atoms with Crippen molar-refractivity contribution in [3.63, 3.8) is 0 Å². The number of aromatic hydroxyl groups is 1. The van der Waals surface area contributed by atoms with E-state index >= 15 is 0 Å². The van der Waals surface area contributed by atoms with Crippen LogP contribution in [-0.2, 0) is 10.2 Å². The summed E-state index contributed by atoms with van der Waals surface area (Å²) < 4.78 is 0. The fourth-order valence-corrected chi connectivity index (χ4v) is 4.58. The molecule has 120 valence electrons. The molecule has 1 aromatic carbocycles. The lowest BCUT2D eigenvalue weighted by Crippen LogP contribution is -2.69. The lowest BCUT2D eigenvalue weighted by molar-refractivity contribution is -0.161. The van der Waals surface area contributed by atoms with E-state index in [0.717, 1.165) is 24.1 Å². The highest BCUT2D eigenvalue weighted by Gasteiger charge is 2.60. The van der Waals surface area contributed by atoms with E-state index in [1.54, 1.807) is 12.1 Å². The number of Topliss-reactive ketones (excluding diaryl/α,β-unsaturated/α-hetero) is 1. The molecule has 1 aliphatic heterocycles. The topological polar surface area (TPSA) is 60.8 Å². The largest absolute Gasteiger partial charge is 0.508 e. The van der Waals surface area contributed by atoms with Crippen molar-refractivity contribution in [3.05, 3.63) is 29.3 Å². The van der Waals surface area contributed by atoms with E-state index in [1.807, 2.05) is 27.0 Å². The Balaban J connectivity index is 2.21. The van der Waals surface area contributed by atoms with Crippen LogP contribution in [0.25, 0.3) is 0 Å². The Kier molecular flexibility index (Phi) is 3.57. The summed E-state index contributed by atoms with van der Waals surface area (Å²) in [6.07, 6.45) is 2.03. The van der Waals surface area contributed by atoms with Crippen LogP contribution in [0.5, 0.6) is 5.75 Å². The maximum Gasteiger partial charge on any atom is 0.134 e. The van der Waals surface area contributed by atoms with Crippen LogP contribution >= 0.6 is 0 Å². The summed E-state index contributed by atoms with van der Waals surface area (Å²) in [6, 6.07) is 5.27. The minimum atomic E-state index is -0.938. The molecule has 1 aliphatic carbocycles. The van der Waals surface area contributed by atoms with E-state index in [9.17, 15) is 15.0 Å². The molecule has 3 atom stereocenters. The van der Waals surface area contributed by atoms with E-state index in [0.29, 0.717) is 19.3 Å². The quantitative estimate of drug-likeness (QED) is 0.834. The molecule has 2 fully saturated rings. The monoisotopic (exact) mass is 303 g/mol. The number of phenols is 1. The number of carbonyl (C=O) groups is 1. The summed E-state index contributed by atoms with van der Waals surface area (Å²) in [5.41, 5.74) is 0.439. The van der Waals surface area contributed by atoms with Gasteiger partial charge < -0.3 is 15.1 Å². The molecule has 2 N–H and O–H groups in total. The highest BCUT2D eigenvalue weighted by atomic mass is 16.3. The van der Waals surface area contributed by atoms with Crippen molar-refractivity contribution in [2.45, 2.75) is 56.6 Å². The molecule has 4 nitrogen and oxygen atoms in total. The third-order valence-corrected chi connectivity index (χ3v) is 6.09. The van der Waals surface area contributed by atoms with Gasteiger partial charge in [0.1, 0.15) is 11.5 Å². The minimum absolute atomic E-state index is 0.0175. The van der Waals surface area contributed by atoms with Crippen LogP contribution in [0.3, 0.4) is 0 Å². The number of phenolic OH excluding ortho intramolecular Hbond substituents is 1. The number of likely N-dealkylation sites (N-methyl/N-ethyl adjacent to an activating group) is 1. The highest BCUT2D eigenvalue weighted by molar-refractivity contribution is 5.82. The number of aryl methyl sites for hydroxylation is 1. The van der Waals surface area contributed by atoms with Gasteiger partial charge in [0.25, 0.3) is 0 Å². The number of carbonyl (C=O) groups excluding carboxylic acids is 1. The van der Waals surface area contributed by atoms with E-state index in [4.69, 9.17) is 0 Å². The molecule has 1 aromatic rings. The van der Waals surface area contributed by atoms with E-state index < -0.39 is 11.0 Å². The van der Waals surface area contributed by atoms with Gasteiger partial charge in [-0.05, 0) is 63.5 Å². The number of fused-ring (bicyclic) bond motifs is 1. The standard InChI is InChI=1S/C18H25NO3/c1-12-4-5-14(20)10-16(12)17-8-9-19(3)13(2)18(17,22)7-6-15(21)11-17/h4-5,10,13,20,22H,6-9,11H2,1-3H3. The van der Waals surface area contributed by atoms with Gasteiger partial charge in [0.05, 0.1) is 5.60 Å². The van der Waals surface area contributed by atoms with Crippen molar-refractivity contribution < 1.29 is 15.0 Å². The number of ketones is 1. The minimum Gasteiger partial charge on any atom is -0.508 e. The fraction of sp³-hybridized carbons (Fsp3) is 0.611. The third kappa shape index (κ3) is 2.01. The van der Waals surface area contributed by atoms with Gasteiger partial charge >= 0.3 is 0 Å². The number of nitrogens with zero attached hydrogens (tertiary/aromatic N) is 1.